The second kappa shape index (κ2) is 10.1. The molecule has 7 nitrogen and oxygen atoms in total. The molecule has 0 bridgehead atoms. The summed E-state index contributed by atoms with van der Waals surface area (Å²) in [6.45, 7) is 7.46. The van der Waals surface area contributed by atoms with Crippen molar-refractivity contribution in [3.63, 3.8) is 0 Å². The quantitative estimate of drug-likeness (QED) is 0.553. The topological polar surface area (TPSA) is 72.9 Å². The van der Waals surface area contributed by atoms with Crippen LogP contribution in [0.25, 0.3) is 0 Å². The zero-order chi connectivity index (χ0) is 21.6. The van der Waals surface area contributed by atoms with E-state index in [1.165, 1.54) is 0 Å². The minimum atomic E-state index is -0.327. The molecule has 2 N–H and O–H groups in total. The molecule has 3 rings (SSSR count). The van der Waals surface area contributed by atoms with Crippen LogP contribution in [0.1, 0.15) is 51.1 Å². The molecule has 1 saturated heterocycles. The Kier molecular flexibility index (Phi) is 7.56. The van der Waals surface area contributed by atoms with E-state index in [9.17, 15) is 4.79 Å². The minimum Gasteiger partial charge on any atom is -0.357 e. The van der Waals surface area contributed by atoms with Gasteiger partial charge in [0.05, 0.1) is 12.0 Å². The molecular formula is C23H38N6O. The smallest absolute Gasteiger partial charge is 0.230 e. The Hall–Kier alpha value is -2.31. The van der Waals surface area contributed by atoms with Crippen LogP contribution in [0.5, 0.6) is 0 Å². The van der Waals surface area contributed by atoms with Gasteiger partial charge in [-0.25, -0.2) is 4.98 Å². The largest absolute Gasteiger partial charge is 0.357 e. The van der Waals surface area contributed by atoms with Gasteiger partial charge in [-0.05, 0) is 51.7 Å². The maximum absolute atomic E-state index is 12.8. The first-order valence-corrected chi connectivity index (χ1v) is 11.4. The van der Waals surface area contributed by atoms with E-state index >= 15 is 0 Å². The van der Waals surface area contributed by atoms with Crippen LogP contribution in [-0.2, 0) is 4.79 Å². The number of carbonyl (C=O) groups excluding carboxylic acids is 1. The van der Waals surface area contributed by atoms with E-state index in [1.807, 2.05) is 27.1 Å². The lowest BCUT2D eigenvalue weighted by Crippen LogP contribution is -2.49. The molecule has 0 spiro atoms. The fraction of sp³-hybridized carbons (Fsp3) is 0.696. The molecule has 1 saturated carbocycles. The number of piperidine rings is 1. The van der Waals surface area contributed by atoms with Crippen LogP contribution >= 0.6 is 0 Å². The van der Waals surface area contributed by atoms with Gasteiger partial charge in [-0.15, -0.1) is 0 Å². The Morgan fingerprint density at radius 1 is 1.27 bits per heavy atom. The first-order valence-electron chi connectivity index (χ1n) is 11.4. The summed E-state index contributed by atoms with van der Waals surface area (Å²) in [6, 6.07) is 6.59. The fourth-order valence-electron chi connectivity index (χ4n) is 4.67. The van der Waals surface area contributed by atoms with Crippen molar-refractivity contribution in [2.24, 2.45) is 10.4 Å². The number of pyridine rings is 1. The molecule has 2 aliphatic rings. The summed E-state index contributed by atoms with van der Waals surface area (Å²) in [5.74, 6) is 2.13. The number of hydrogen-bond donors (Lipinski definition) is 2. The van der Waals surface area contributed by atoms with E-state index in [0.717, 1.165) is 75.6 Å². The van der Waals surface area contributed by atoms with Gasteiger partial charge in [-0.3, -0.25) is 9.79 Å². The number of guanidine groups is 1. The number of aliphatic imine (C=N–C) groups is 1. The maximum Gasteiger partial charge on any atom is 0.230 e. The fourth-order valence-corrected chi connectivity index (χ4v) is 4.67. The maximum atomic E-state index is 12.8. The molecule has 7 heteroatoms. The van der Waals surface area contributed by atoms with Gasteiger partial charge in [0, 0.05) is 45.5 Å². The summed E-state index contributed by atoms with van der Waals surface area (Å²) in [4.78, 5) is 26.5. The van der Waals surface area contributed by atoms with Crippen molar-refractivity contribution in [3.05, 3.63) is 23.9 Å². The molecule has 30 heavy (non-hydrogen) atoms. The van der Waals surface area contributed by atoms with Gasteiger partial charge in [0.15, 0.2) is 5.96 Å². The molecular weight excluding hydrogens is 376 g/mol. The van der Waals surface area contributed by atoms with Crippen molar-refractivity contribution in [3.8, 4) is 0 Å². The van der Waals surface area contributed by atoms with Crippen molar-refractivity contribution in [1.82, 2.24) is 20.5 Å². The van der Waals surface area contributed by atoms with Crippen LogP contribution < -0.4 is 15.5 Å². The molecule has 1 aromatic heterocycles. The SMILES string of the molecule is CCNC(=NCC1(C(=O)N(C)C)CCCC1)NC1CCN(c2cccc(C)n2)CC1. The number of carbonyl (C=O) groups is 1. The molecule has 2 heterocycles. The van der Waals surface area contributed by atoms with Crippen molar-refractivity contribution in [2.45, 2.75) is 58.4 Å². The van der Waals surface area contributed by atoms with Crippen LogP contribution in [0.15, 0.2) is 23.2 Å². The van der Waals surface area contributed by atoms with Gasteiger partial charge in [0.2, 0.25) is 5.91 Å². The summed E-state index contributed by atoms with van der Waals surface area (Å²) in [6.07, 6.45) is 6.20. The van der Waals surface area contributed by atoms with Crippen LogP contribution in [0.2, 0.25) is 0 Å². The predicted octanol–water partition coefficient (Wildman–Crippen LogP) is 2.56. The third kappa shape index (κ3) is 5.43. The molecule has 1 amide bonds. The molecule has 0 radical (unpaired) electrons. The zero-order valence-electron chi connectivity index (χ0n) is 19.1. The van der Waals surface area contributed by atoms with Gasteiger partial charge in [0.25, 0.3) is 0 Å². The Morgan fingerprint density at radius 2 is 1.97 bits per heavy atom. The predicted molar refractivity (Wildman–Crippen MR) is 123 cm³/mol. The Balaban J connectivity index is 1.59. The lowest BCUT2D eigenvalue weighted by atomic mass is 9.85. The van der Waals surface area contributed by atoms with Crippen LogP contribution in [0.4, 0.5) is 5.82 Å². The lowest BCUT2D eigenvalue weighted by Gasteiger charge is -2.34. The number of hydrogen-bond acceptors (Lipinski definition) is 4. The van der Waals surface area contributed by atoms with Gasteiger partial charge in [0.1, 0.15) is 5.82 Å². The van der Waals surface area contributed by atoms with Gasteiger partial charge in [-0.2, -0.15) is 0 Å². The van der Waals surface area contributed by atoms with Gasteiger partial charge >= 0.3 is 0 Å². The number of aryl methyl sites for hydroxylation is 1. The number of rotatable bonds is 6. The van der Waals surface area contributed by atoms with Crippen LogP contribution in [0, 0.1) is 12.3 Å². The van der Waals surface area contributed by atoms with E-state index in [4.69, 9.17) is 4.99 Å². The third-order valence-corrected chi connectivity index (χ3v) is 6.34. The second-order valence-corrected chi connectivity index (χ2v) is 8.93. The average Bonchev–Trinajstić information content (AvgIpc) is 3.22. The number of anilines is 1. The highest BCUT2D eigenvalue weighted by Gasteiger charge is 2.42. The molecule has 0 unspecified atom stereocenters. The summed E-state index contributed by atoms with van der Waals surface area (Å²) in [5.41, 5.74) is 0.730. The van der Waals surface area contributed by atoms with E-state index in [0.29, 0.717) is 12.6 Å². The van der Waals surface area contributed by atoms with E-state index in [-0.39, 0.29) is 11.3 Å². The third-order valence-electron chi connectivity index (χ3n) is 6.34. The normalized spacial score (nSPS) is 19.6. The molecule has 1 aliphatic heterocycles. The van der Waals surface area contributed by atoms with Gasteiger partial charge < -0.3 is 20.4 Å². The molecule has 0 atom stereocenters. The molecule has 1 aliphatic carbocycles. The minimum absolute atomic E-state index is 0.221. The van der Waals surface area contributed by atoms with Crippen molar-refractivity contribution in [2.75, 3.05) is 45.2 Å². The highest BCUT2D eigenvalue weighted by Crippen LogP contribution is 2.39. The van der Waals surface area contributed by atoms with Crippen molar-refractivity contribution >= 4 is 17.7 Å². The molecule has 2 fully saturated rings. The zero-order valence-corrected chi connectivity index (χ0v) is 19.1. The molecule has 166 valence electrons. The second-order valence-electron chi connectivity index (χ2n) is 8.93. The number of aromatic nitrogens is 1. The van der Waals surface area contributed by atoms with E-state index in [1.54, 1.807) is 4.90 Å². The van der Waals surface area contributed by atoms with Gasteiger partial charge in [-0.1, -0.05) is 18.9 Å². The first-order chi connectivity index (χ1) is 14.4. The van der Waals surface area contributed by atoms with Crippen molar-refractivity contribution in [1.29, 1.82) is 0 Å². The first kappa shape index (κ1) is 22.4. The summed E-state index contributed by atoms with van der Waals surface area (Å²) >= 11 is 0. The Bertz CT molecular complexity index is 733. The molecule has 0 aromatic carbocycles. The van der Waals surface area contributed by atoms with E-state index in [2.05, 4.69) is 39.6 Å². The Labute approximate surface area is 181 Å². The number of nitrogens with zero attached hydrogens (tertiary/aromatic N) is 4. The lowest BCUT2D eigenvalue weighted by molar-refractivity contribution is -0.138. The van der Waals surface area contributed by atoms with E-state index < -0.39 is 0 Å². The van der Waals surface area contributed by atoms with Crippen LogP contribution in [-0.4, -0.2) is 68.1 Å². The monoisotopic (exact) mass is 414 g/mol. The summed E-state index contributed by atoms with van der Waals surface area (Å²) < 4.78 is 0. The molecule has 1 aromatic rings. The highest BCUT2D eigenvalue weighted by molar-refractivity contribution is 5.84. The highest BCUT2D eigenvalue weighted by atomic mass is 16.2. The van der Waals surface area contributed by atoms with Crippen LogP contribution in [0.3, 0.4) is 0 Å². The van der Waals surface area contributed by atoms with Crippen molar-refractivity contribution < 1.29 is 4.79 Å². The summed E-state index contributed by atoms with van der Waals surface area (Å²) in [7, 11) is 3.71. The number of amides is 1. The Morgan fingerprint density at radius 3 is 2.57 bits per heavy atom. The number of nitrogens with one attached hydrogen (secondary N) is 2. The standard InChI is InChI=1S/C23H38N6O/c1-5-24-22(25-17-23(13-6-7-14-23)21(30)28(3)4)27-19-11-15-29(16-12-19)20-10-8-9-18(2)26-20/h8-10,19H,5-7,11-17H2,1-4H3,(H2,24,25,27). The average molecular weight is 415 g/mol. The summed E-state index contributed by atoms with van der Waals surface area (Å²) in [5, 5.41) is 6.99.